The van der Waals surface area contributed by atoms with E-state index in [1.807, 2.05) is 12.3 Å². The van der Waals surface area contributed by atoms with E-state index in [9.17, 15) is 13.2 Å². The molecule has 114 valence electrons. The first kappa shape index (κ1) is 15.8. The quantitative estimate of drug-likeness (QED) is 0.875. The van der Waals surface area contributed by atoms with Crippen LogP contribution in [0.3, 0.4) is 0 Å². The SMILES string of the molecule is Cc1nc(CN(C)Cc2ccc(N)cc2C(F)(F)F)cs1. The summed E-state index contributed by atoms with van der Waals surface area (Å²) >= 11 is 1.53. The van der Waals surface area contributed by atoms with Crippen molar-refractivity contribution in [1.29, 1.82) is 0 Å². The van der Waals surface area contributed by atoms with E-state index in [2.05, 4.69) is 4.98 Å². The second kappa shape index (κ2) is 6.03. The Morgan fingerprint density at radius 3 is 2.57 bits per heavy atom. The highest BCUT2D eigenvalue weighted by Crippen LogP contribution is 2.33. The molecular weight excluding hydrogens is 299 g/mol. The topological polar surface area (TPSA) is 42.2 Å². The van der Waals surface area contributed by atoms with Crippen molar-refractivity contribution in [2.75, 3.05) is 12.8 Å². The molecule has 3 nitrogen and oxygen atoms in total. The predicted molar refractivity (Wildman–Crippen MR) is 77.9 cm³/mol. The van der Waals surface area contributed by atoms with Crippen LogP contribution in [0.5, 0.6) is 0 Å². The molecular formula is C14H16F3N3S. The zero-order valence-corrected chi connectivity index (χ0v) is 12.6. The first-order chi connectivity index (χ1) is 9.75. The van der Waals surface area contributed by atoms with E-state index >= 15 is 0 Å². The minimum absolute atomic E-state index is 0.115. The van der Waals surface area contributed by atoms with Gasteiger partial charge in [0.15, 0.2) is 0 Å². The number of alkyl halides is 3. The molecule has 2 aromatic rings. The first-order valence-corrected chi connectivity index (χ1v) is 7.19. The lowest BCUT2D eigenvalue weighted by molar-refractivity contribution is -0.138. The molecule has 1 heterocycles. The first-order valence-electron chi connectivity index (χ1n) is 6.31. The lowest BCUT2D eigenvalue weighted by Gasteiger charge is -2.19. The minimum Gasteiger partial charge on any atom is -0.399 e. The van der Waals surface area contributed by atoms with Gasteiger partial charge >= 0.3 is 6.18 Å². The van der Waals surface area contributed by atoms with E-state index < -0.39 is 11.7 Å². The zero-order valence-electron chi connectivity index (χ0n) is 11.7. The monoisotopic (exact) mass is 315 g/mol. The summed E-state index contributed by atoms with van der Waals surface area (Å²) in [6.45, 7) is 2.59. The number of aryl methyl sites for hydroxylation is 1. The van der Waals surface area contributed by atoms with E-state index in [4.69, 9.17) is 5.73 Å². The van der Waals surface area contributed by atoms with Crippen molar-refractivity contribution in [1.82, 2.24) is 9.88 Å². The number of hydrogen-bond acceptors (Lipinski definition) is 4. The van der Waals surface area contributed by atoms with Gasteiger partial charge in [-0.2, -0.15) is 13.2 Å². The van der Waals surface area contributed by atoms with E-state index in [0.29, 0.717) is 6.54 Å². The lowest BCUT2D eigenvalue weighted by atomic mass is 10.1. The summed E-state index contributed by atoms with van der Waals surface area (Å²) in [5.74, 6) is 0. The molecule has 2 N–H and O–H groups in total. The predicted octanol–water partition coefficient (Wildman–Crippen LogP) is 3.68. The van der Waals surface area contributed by atoms with Crippen molar-refractivity contribution in [3.63, 3.8) is 0 Å². The van der Waals surface area contributed by atoms with Crippen LogP contribution in [0.2, 0.25) is 0 Å². The maximum Gasteiger partial charge on any atom is 0.416 e. The largest absolute Gasteiger partial charge is 0.416 e. The summed E-state index contributed by atoms with van der Waals surface area (Å²) in [5.41, 5.74) is 5.98. The summed E-state index contributed by atoms with van der Waals surface area (Å²) < 4.78 is 39.1. The Bertz CT molecular complexity index is 622. The molecule has 0 radical (unpaired) electrons. The van der Waals surface area contributed by atoms with Gasteiger partial charge in [-0.1, -0.05) is 6.07 Å². The van der Waals surface area contributed by atoms with Gasteiger partial charge in [0, 0.05) is 24.2 Å². The maximum atomic E-state index is 13.0. The number of rotatable bonds is 4. The number of aromatic nitrogens is 1. The van der Waals surface area contributed by atoms with Gasteiger partial charge in [-0.05, 0) is 31.7 Å². The van der Waals surface area contributed by atoms with E-state index in [-0.39, 0.29) is 17.8 Å². The van der Waals surface area contributed by atoms with Gasteiger partial charge in [0.1, 0.15) is 0 Å². The summed E-state index contributed by atoms with van der Waals surface area (Å²) in [6, 6.07) is 3.91. The molecule has 0 aliphatic carbocycles. The average molecular weight is 315 g/mol. The fraction of sp³-hybridized carbons (Fsp3) is 0.357. The van der Waals surface area contributed by atoms with Crippen molar-refractivity contribution in [3.05, 3.63) is 45.4 Å². The standard InChI is InChI=1S/C14H16F3N3S/c1-9-19-12(8-21-9)7-20(2)6-10-3-4-11(18)5-13(10)14(15,16)17/h3-5,8H,6-7,18H2,1-2H3. The molecule has 0 saturated heterocycles. The normalized spacial score (nSPS) is 12.1. The second-order valence-electron chi connectivity index (χ2n) is 4.94. The van der Waals surface area contributed by atoms with Gasteiger partial charge in [0.25, 0.3) is 0 Å². The molecule has 0 amide bonds. The molecule has 0 aliphatic heterocycles. The molecule has 0 atom stereocenters. The molecule has 7 heteroatoms. The number of benzene rings is 1. The fourth-order valence-corrected chi connectivity index (χ4v) is 2.70. The third-order valence-electron chi connectivity index (χ3n) is 2.98. The van der Waals surface area contributed by atoms with Gasteiger partial charge in [0.05, 0.1) is 16.3 Å². The molecule has 0 aliphatic rings. The van der Waals surface area contributed by atoms with E-state index in [1.54, 1.807) is 11.9 Å². The number of nitrogens with zero attached hydrogens (tertiary/aromatic N) is 2. The Kier molecular flexibility index (Phi) is 4.53. The van der Waals surface area contributed by atoms with Gasteiger partial charge in [-0.15, -0.1) is 11.3 Å². The highest BCUT2D eigenvalue weighted by atomic mass is 32.1. The van der Waals surface area contributed by atoms with Gasteiger partial charge in [0.2, 0.25) is 0 Å². The number of nitrogen functional groups attached to an aromatic ring is 1. The van der Waals surface area contributed by atoms with Crippen LogP contribution < -0.4 is 5.73 Å². The van der Waals surface area contributed by atoms with Crippen LogP contribution in [0.1, 0.15) is 21.8 Å². The van der Waals surface area contributed by atoms with Crippen LogP contribution in [0.25, 0.3) is 0 Å². The van der Waals surface area contributed by atoms with Crippen molar-refractivity contribution in [3.8, 4) is 0 Å². The molecule has 0 bridgehead atoms. The summed E-state index contributed by atoms with van der Waals surface area (Å²) in [4.78, 5) is 6.11. The number of hydrogen-bond donors (Lipinski definition) is 1. The highest BCUT2D eigenvalue weighted by Gasteiger charge is 2.33. The smallest absolute Gasteiger partial charge is 0.399 e. The van der Waals surface area contributed by atoms with Crippen LogP contribution in [-0.4, -0.2) is 16.9 Å². The van der Waals surface area contributed by atoms with E-state index in [0.717, 1.165) is 16.8 Å². The lowest BCUT2D eigenvalue weighted by Crippen LogP contribution is -2.20. The molecule has 0 fully saturated rings. The molecule has 21 heavy (non-hydrogen) atoms. The van der Waals surface area contributed by atoms with Crippen LogP contribution >= 0.6 is 11.3 Å². The van der Waals surface area contributed by atoms with Crippen molar-refractivity contribution in [2.45, 2.75) is 26.2 Å². The summed E-state index contributed by atoms with van der Waals surface area (Å²) in [6.07, 6.45) is -4.40. The Morgan fingerprint density at radius 1 is 1.29 bits per heavy atom. The van der Waals surface area contributed by atoms with Crippen LogP contribution in [0, 0.1) is 6.92 Å². The van der Waals surface area contributed by atoms with E-state index in [1.165, 1.54) is 23.5 Å². The van der Waals surface area contributed by atoms with Crippen molar-refractivity contribution in [2.24, 2.45) is 0 Å². The fourth-order valence-electron chi connectivity index (χ4n) is 2.10. The van der Waals surface area contributed by atoms with Crippen LogP contribution in [0.4, 0.5) is 18.9 Å². The molecule has 1 aromatic heterocycles. The molecule has 2 rings (SSSR count). The Morgan fingerprint density at radius 2 is 2.00 bits per heavy atom. The molecule has 1 aromatic carbocycles. The van der Waals surface area contributed by atoms with Crippen LogP contribution in [-0.2, 0) is 19.3 Å². The van der Waals surface area contributed by atoms with Gasteiger partial charge in [-0.25, -0.2) is 4.98 Å². The third kappa shape index (κ3) is 4.18. The molecule has 0 spiro atoms. The minimum atomic E-state index is -4.40. The summed E-state index contributed by atoms with van der Waals surface area (Å²) in [7, 11) is 1.77. The maximum absolute atomic E-state index is 13.0. The zero-order chi connectivity index (χ0) is 15.6. The molecule has 0 unspecified atom stereocenters. The summed E-state index contributed by atoms with van der Waals surface area (Å²) in [5, 5.41) is 2.86. The average Bonchev–Trinajstić information content (AvgIpc) is 2.75. The Hall–Kier alpha value is -1.60. The number of nitrogens with two attached hydrogens (primary N) is 1. The number of thiazole rings is 1. The number of anilines is 1. The van der Waals surface area contributed by atoms with Crippen molar-refractivity contribution >= 4 is 17.0 Å². The molecule has 0 saturated carbocycles. The Labute approximate surface area is 125 Å². The van der Waals surface area contributed by atoms with Gasteiger partial charge < -0.3 is 5.73 Å². The van der Waals surface area contributed by atoms with Crippen molar-refractivity contribution < 1.29 is 13.2 Å². The van der Waals surface area contributed by atoms with Gasteiger partial charge in [-0.3, -0.25) is 4.90 Å². The Balaban J connectivity index is 2.15. The van der Waals surface area contributed by atoms with Crippen LogP contribution in [0.15, 0.2) is 23.6 Å². The second-order valence-corrected chi connectivity index (χ2v) is 6.01. The third-order valence-corrected chi connectivity index (χ3v) is 3.80. The highest BCUT2D eigenvalue weighted by molar-refractivity contribution is 7.09. The number of halogens is 3.